The fraction of sp³-hybridized carbons (Fsp3) is 0.105. The van der Waals surface area contributed by atoms with E-state index in [1.54, 1.807) is 12.1 Å². The number of hydrogen-bond acceptors (Lipinski definition) is 4. The molecule has 0 saturated carbocycles. The van der Waals surface area contributed by atoms with Gasteiger partial charge in [0.25, 0.3) is 5.91 Å². The van der Waals surface area contributed by atoms with Crippen molar-refractivity contribution >= 4 is 35.0 Å². The Labute approximate surface area is 159 Å². The first kappa shape index (κ1) is 18.4. The van der Waals surface area contributed by atoms with Gasteiger partial charge in [0.05, 0.1) is 10.6 Å². The number of benzene rings is 2. The molecule has 3 aromatic rings. The van der Waals surface area contributed by atoms with Gasteiger partial charge in [-0.05, 0) is 74.1 Å². The number of carbonyl (C=O) groups excluding carboxylic acids is 1. The van der Waals surface area contributed by atoms with Crippen LogP contribution in [0.15, 0.2) is 58.6 Å². The van der Waals surface area contributed by atoms with Crippen LogP contribution in [0.3, 0.4) is 0 Å². The molecule has 1 N–H and O–H groups in total. The fourth-order valence-electron chi connectivity index (χ4n) is 2.32. The van der Waals surface area contributed by atoms with E-state index in [4.69, 9.17) is 11.6 Å². The molecule has 132 valence electrons. The van der Waals surface area contributed by atoms with Gasteiger partial charge in [-0.3, -0.25) is 4.79 Å². The van der Waals surface area contributed by atoms with Crippen LogP contribution < -0.4 is 5.32 Å². The number of anilines is 1. The minimum atomic E-state index is -0.485. The van der Waals surface area contributed by atoms with E-state index in [0.29, 0.717) is 10.8 Å². The molecule has 26 heavy (non-hydrogen) atoms. The summed E-state index contributed by atoms with van der Waals surface area (Å²) in [6.45, 7) is 3.86. The molecule has 0 unspecified atom stereocenters. The summed E-state index contributed by atoms with van der Waals surface area (Å²) < 4.78 is 13.1. The normalized spacial score (nSPS) is 10.6. The van der Waals surface area contributed by atoms with Crippen LogP contribution in [0.4, 0.5) is 10.1 Å². The van der Waals surface area contributed by atoms with Crippen LogP contribution in [-0.2, 0) is 0 Å². The Morgan fingerprint density at radius 3 is 2.31 bits per heavy atom. The third kappa shape index (κ3) is 4.59. The Kier molecular flexibility index (Phi) is 5.54. The largest absolute Gasteiger partial charge is 0.322 e. The van der Waals surface area contributed by atoms with E-state index >= 15 is 0 Å². The molecule has 4 nitrogen and oxygen atoms in total. The van der Waals surface area contributed by atoms with Gasteiger partial charge in [0.2, 0.25) is 0 Å². The van der Waals surface area contributed by atoms with Crippen molar-refractivity contribution in [2.45, 2.75) is 23.9 Å². The lowest BCUT2D eigenvalue weighted by Crippen LogP contribution is -2.12. The van der Waals surface area contributed by atoms with Crippen molar-refractivity contribution in [2.24, 2.45) is 0 Å². The van der Waals surface area contributed by atoms with Crippen LogP contribution >= 0.6 is 23.4 Å². The summed E-state index contributed by atoms with van der Waals surface area (Å²) in [6.07, 6.45) is 0. The zero-order valence-corrected chi connectivity index (χ0v) is 15.7. The first-order valence-corrected chi connectivity index (χ1v) is 8.97. The summed E-state index contributed by atoms with van der Waals surface area (Å²) in [5, 5.41) is 3.49. The smallest absolute Gasteiger partial charge is 0.257 e. The third-order valence-corrected chi connectivity index (χ3v) is 4.64. The molecule has 0 aliphatic heterocycles. The molecule has 1 aromatic heterocycles. The van der Waals surface area contributed by atoms with Crippen molar-refractivity contribution in [1.82, 2.24) is 9.97 Å². The van der Waals surface area contributed by atoms with Crippen LogP contribution in [0.1, 0.15) is 21.7 Å². The molecule has 0 aliphatic carbocycles. The standard InChI is InChI=1S/C19H15ClFN3OS/c1-11-9-12(2)23-19(22-11)26-15-6-4-14(5-7-15)24-18(25)16-8-3-13(21)10-17(16)20/h3-10H,1-2H3,(H,24,25). The maximum Gasteiger partial charge on any atom is 0.257 e. The van der Waals surface area contributed by atoms with Crippen molar-refractivity contribution in [3.63, 3.8) is 0 Å². The molecule has 1 amide bonds. The summed E-state index contributed by atoms with van der Waals surface area (Å²) in [7, 11) is 0. The Balaban J connectivity index is 1.70. The number of carbonyl (C=O) groups is 1. The number of aryl methyl sites for hydroxylation is 2. The zero-order chi connectivity index (χ0) is 18.7. The van der Waals surface area contributed by atoms with Crippen LogP contribution in [0.25, 0.3) is 0 Å². The summed E-state index contributed by atoms with van der Waals surface area (Å²) in [4.78, 5) is 22.0. The number of nitrogens with one attached hydrogen (secondary N) is 1. The van der Waals surface area contributed by atoms with Crippen LogP contribution in [-0.4, -0.2) is 15.9 Å². The number of amides is 1. The van der Waals surface area contributed by atoms with E-state index < -0.39 is 11.7 Å². The molecule has 0 atom stereocenters. The van der Waals surface area contributed by atoms with Gasteiger partial charge in [-0.15, -0.1) is 0 Å². The topological polar surface area (TPSA) is 54.9 Å². The van der Waals surface area contributed by atoms with Gasteiger partial charge in [0.15, 0.2) is 5.16 Å². The second-order valence-electron chi connectivity index (χ2n) is 5.64. The highest BCUT2D eigenvalue weighted by atomic mass is 35.5. The summed E-state index contributed by atoms with van der Waals surface area (Å²) in [5.41, 5.74) is 2.66. The molecule has 2 aromatic carbocycles. The van der Waals surface area contributed by atoms with Crippen molar-refractivity contribution in [3.8, 4) is 0 Å². The highest BCUT2D eigenvalue weighted by molar-refractivity contribution is 7.99. The molecule has 0 radical (unpaired) electrons. The van der Waals surface area contributed by atoms with E-state index in [9.17, 15) is 9.18 Å². The molecule has 0 spiro atoms. The maximum atomic E-state index is 13.1. The van der Waals surface area contributed by atoms with E-state index in [0.717, 1.165) is 22.3 Å². The molecular formula is C19H15ClFN3OS. The molecule has 0 aliphatic rings. The number of aromatic nitrogens is 2. The van der Waals surface area contributed by atoms with Gasteiger partial charge in [0.1, 0.15) is 5.82 Å². The third-order valence-electron chi connectivity index (χ3n) is 3.46. The molecule has 1 heterocycles. The monoisotopic (exact) mass is 387 g/mol. The molecule has 0 saturated heterocycles. The molecular weight excluding hydrogens is 373 g/mol. The second-order valence-corrected chi connectivity index (χ2v) is 7.09. The average Bonchev–Trinajstić information content (AvgIpc) is 2.55. The Morgan fingerprint density at radius 2 is 1.69 bits per heavy atom. The minimum absolute atomic E-state index is 0.0710. The van der Waals surface area contributed by atoms with Gasteiger partial charge in [-0.1, -0.05) is 11.6 Å². The number of rotatable bonds is 4. The van der Waals surface area contributed by atoms with Gasteiger partial charge < -0.3 is 5.32 Å². The van der Waals surface area contributed by atoms with E-state index in [2.05, 4.69) is 15.3 Å². The molecule has 3 rings (SSSR count). The second kappa shape index (κ2) is 7.85. The van der Waals surface area contributed by atoms with Crippen molar-refractivity contribution in [1.29, 1.82) is 0 Å². The summed E-state index contributed by atoms with van der Waals surface area (Å²) in [6, 6.07) is 12.9. The fourth-order valence-corrected chi connectivity index (χ4v) is 3.44. The SMILES string of the molecule is Cc1cc(C)nc(Sc2ccc(NC(=O)c3ccc(F)cc3Cl)cc2)n1. The summed E-state index contributed by atoms with van der Waals surface area (Å²) >= 11 is 7.36. The highest BCUT2D eigenvalue weighted by Gasteiger charge is 2.11. The minimum Gasteiger partial charge on any atom is -0.322 e. The lowest BCUT2D eigenvalue weighted by molar-refractivity contribution is 0.102. The average molecular weight is 388 g/mol. The Hall–Kier alpha value is -2.44. The van der Waals surface area contributed by atoms with E-state index in [-0.39, 0.29) is 10.6 Å². The number of nitrogens with zero attached hydrogens (tertiary/aromatic N) is 2. The predicted octanol–water partition coefficient (Wildman–Crippen LogP) is 5.29. The maximum absolute atomic E-state index is 13.1. The van der Waals surface area contributed by atoms with Crippen LogP contribution in [0.2, 0.25) is 5.02 Å². The molecule has 7 heteroatoms. The van der Waals surface area contributed by atoms with Gasteiger partial charge in [-0.25, -0.2) is 14.4 Å². The highest BCUT2D eigenvalue weighted by Crippen LogP contribution is 2.26. The first-order valence-electron chi connectivity index (χ1n) is 7.77. The Morgan fingerprint density at radius 1 is 1.04 bits per heavy atom. The zero-order valence-electron chi connectivity index (χ0n) is 14.1. The van der Waals surface area contributed by atoms with Crippen LogP contribution in [0, 0.1) is 19.7 Å². The van der Waals surface area contributed by atoms with Gasteiger partial charge >= 0.3 is 0 Å². The van der Waals surface area contributed by atoms with E-state index in [1.165, 1.54) is 23.9 Å². The lowest BCUT2D eigenvalue weighted by atomic mass is 10.2. The summed E-state index contributed by atoms with van der Waals surface area (Å²) in [5.74, 6) is -0.880. The van der Waals surface area contributed by atoms with Crippen molar-refractivity contribution in [3.05, 3.63) is 76.3 Å². The van der Waals surface area contributed by atoms with Gasteiger partial charge in [-0.2, -0.15) is 0 Å². The quantitative estimate of drug-likeness (QED) is 0.618. The van der Waals surface area contributed by atoms with Crippen molar-refractivity contribution < 1.29 is 9.18 Å². The number of halogens is 2. The van der Waals surface area contributed by atoms with E-state index in [1.807, 2.05) is 32.0 Å². The van der Waals surface area contributed by atoms with Crippen molar-refractivity contribution in [2.75, 3.05) is 5.32 Å². The lowest BCUT2D eigenvalue weighted by Gasteiger charge is -2.08. The van der Waals surface area contributed by atoms with Gasteiger partial charge in [0, 0.05) is 22.0 Å². The first-order chi connectivity index (χ1) is 12.4. The van der Waals surface area contributed by atoms with Crippen LogP contribution in [0.5, 0.6) is 0 Å². The molecule has 0 fully saturated rings. The predicted molar refractivity (Wildman–Crippen MR) is 101 cm³/mol. The Bertz CT molecular complexity index is 943. The number of hydrogen-bond donors (Lipinski definition) is 1. The molecule has 0 bridgehead atoms.